The van der Waals surface area contributed by atoms with Crippen LogP contribution >= 0.6 is 0 Å². The van der Waals surface area contributed by atoms with Crippen LogP contribution in [-0.4, -0.2) is 4.57 Å². The summed E-state index contributed by atoms with van der Waals surface area (Å²) in [7, 11) is 0. The monoisotopic (exact) mass is 1650 g/mol. The molecule has 26 rings (SSSR count). The van der Waals surface area contributed by atoms with Crippen molar-refractivity contribution in [1.82, 2.24) is 4.57 Å². The Kier molecular flexibility index (Phi) is 17.0. The summed E-state index contributed by atoms with van der Waals surface area (Å²) in [6.07, 6.45) is 0. The van der Waals surface area contributed by atoms with Gasteiger partial charge in [0.05, 0.1) is 22.1 Å². The van der Waals surface area contributed by atoms with Crippen molar-refractivity contribution >= 4 is 122 Å². The van der Waals surface area contributed by atoms with Gasteiger partial charge in [0.2, 0.25) is 0 Å². The molecule has 6 heteroatoms. The molecule has 0 atom stereocenters. The summed E-state index contributed by atoms with van der Waals surface area (Å²) in [6.45, 7) is 14.2. The zero-order chi connectivity index (χ0) is 86.1. The van der Waals surface area contributed by atoms with Crippen molar-refractivity contribution < 1.29 is 13.3 Å². The summed E-state index contributed by atoms with van der Waals surface area (Å²) in [4.78, 5) is 4.77. The number of hydrogen-bond acceptors (Lipinski definition) is 5. The van der Waals surface area contributed by atoms with Crippen molar-refractivity contribution in [1.29, 1.82) is 0 Å². The predicted molar refractivity (Wildman–Crippen MR) is 538 cm³/mol. The van der Waals surface area contributed by atoms with Gasteiger partial charge in [-0.05, 0) is 221 Å². The Morgan fingerprint density at radius 3 is 1.18 bits per heavy atom. The Labute approximate surface area is 748 Å². The fourth-order valence-electron chi connectivity index (χ4n) is 21.9. The van der Waals surface area contributed by atoms with E-state index in [9.17, 15) is 0 Å². The first-order chi connectivity index (χ1) is 63.3. The number of nitrogens with zero attached hydrogens (tertiary/aromatic N) is 3. The molecule has 0 amide bonds. The fourth-order valence-corrected chi connectivity index (χ4v) is 21.9. The van der Waals surface area contributed by atoms with Gasteiger partial charge >= 0.3 is 0 Å². The van der Waals surface area contributed by atoms with Gasteiger partial charge in [-0.3, -0.25) is 0 Å². The van der Waals surface area contributed by atoms with E-state index >= 15 is 0 Å². The molecule has 23 aromatic rings. The van der Waals surface area contributed by atoms with Crippen LogP contribution in [0.15, 0.2) is 432 Å². The first-order valence-electron chi connectivity index (χ1n) is 44.8. The van der Waals surface area contributed by atoms with Crippen LogP contribution in [0, 0.1) is 0 Å². The van der Waals surface area contributed by atoms with Crippen LogP contribution in [0.4, 0.5) is 34.1 Å². The van der Waals surface area contributed by atoms with Gasteiger partial charge in [0.1, 0.15) is 33.5 Å². The minimum Gasteiger partial charge on any atom is -0.456 e. The normalized spacial score (nSPS) is 13.5. The maximum atomic E-state index is 7.31. The Morgan fingerprint density at radius 1 is 0.202 bits per heavy atom. The van der Waals surface area contributed by atoms with Gasteiger partial charge in [0.25, 0.3) is 0 Å². The highest BCUT2D eigenvalue weighted by Crippen LogP contribution is 2.60. The molecule has 4 heterocycles. The average Bonchev–Trinajstić information content (AvgIpc) is 1.55. The van der Waals surface area contributed by atoms with Gasteiger partial charge in [-0.15, -0.1) is 0 Å². The Hall–Kier alpha value is -16.0. The zero-order valence-corrected chi connectivity index (χ0v) is 72.4. The van der Waals surface area contributed by atoms with Gasteiger partial charge in [0.15, 0.2) is 0 Å². The average molecular weight is 1660 g/mol. The molecule has 0 aliphatic heterocycles. The van der Waals surface area contributed by atoms with Crippen LogP contribution < -0.4 is 9.80 Å². The van der Waals surface area contributed by atoms with E-state index in [1.54, 1.807) is 0 Å². The summed E-state index contributed by atoms with van der Waals surface area (Å²) in [5.41, 5.74) is 42.0. The summed E-state index contributed by atoms with van der Waals surface area (Å²) < 4.78 is 23.1. The molecule has 0 fully saturated rings. The van der Waals surface area contributed by atoms with Gasteiger partial charge < -0.3 is 27.6 Å². The second kappa shape index (κ2) is 29.0. The lowest BCUT2D eigenvalue weighted by atomic mass is 9.81. The number of fused-ring (bicyclic) bond motifs is 23. The van der Waals surface area contributed by atoms with Crippen molar-refractivity contribution in [3.63, 3.8) is 0 Å². The number of benzene rings is 19. The predicted octanol–water partition coefficient (Wildman–Crippen LogP) is 34.4. The van der Waals surface area contributed by atoms with E-state index in [4.69, 9.17) is 13.3 Å². The van der Waals surface area contributed by atoms with Crippen LogP contribution in [0.2, 0.25) is 0 Å². The van der Waals surface area contributed by atoms with E-state index in [1.165, 1.54) is 116 Å². The summed E-state index contributed by atoms with van der Waals surface area (Å²) in [5, 5.41) is 9.29. The highest BCUT2D eigenvalue weighted by atomic mass is 16.3. The molecule has 3 aliphatic carbocycles. The molecule has 129 heavy (non-hydrogen) atoms. The van der Waals surface area contributed by atoms with Crippen molar-refractivity contribution in [2.24, 2.45) is 0 Å². The lowest BCUT2D eigenvalue weighted by Gasteiger charge is -2.30. The molecule has 612 valence electrons. The maximum Gasteiger partial charge on any atom is 0.145 e. The lowest BCUT2D eigenvalue weighted by Crippen LogP contribution is -2.18. The fraction of sp³-hybridized carbons (Fsp3) is 0.0732. The van der Waals surface area contributed by atoms with E-state index in [-0.39, 0.29) is 16.2 Å². The number of anilines is 6. The largest absolute Gasteiger partial charge is 0.456 e. The third-order valence-electron chi connectivity index (χ3n) is 28.3. The maximum absolute atomic E-state index is 7.31. The molecule has 0 spiro atoms. The number of rotatable bonds is 12. The topological polar surface area (TPSA) is 50.8 Å². The number of furan rings is 3. The Bertz CT molecular complexity index is 8420. The molecule has 19 aromatic carbocycles. The minimum absolute atomic E-state index is 0.127. The van der Waals surface area contributed by atoms with Crippen LogP contribution in [0.5, 0.6) is 0 Å². The first-order valence-corrected chi connectivity index (χ1v) is 44.8. The van der Waals surface area contributed by atoms with Gasteiger partial charge in [-0.1, -0.05) is 345 Å². The molecule has 0 saturated heterocycles. The highest BCUT2D eigenvalue weighted by molar-refractivity contribution is 6.22. The molecule has 0 unspecified atom stereocenters. The van der Waals surface area contributed by atoms with Crippen molar-refractivity contribution in [3.8, 4) is 94.7 Å². The van der Waals surface area contributed by atoms with E-state index in [0.717, 1.165) is 133 Å². The van der Waals surface area contributed by atoms with Crippen molar-refractivity contribution in [2.75, 3.05) is 9.80 Å². The first kappa shape index (κ1) is 75.5. The van der Waals surface area contributed by atoms with Crippen molar-refractivity contribution in [3.05, 3.63) is 452 Å². The lowest BCUT2D eigenvalue weighted by molar-refractivity contribution is 0.652. The quantitative estimate of drug-likeness (QED) is 0.122. The highest BCUT2D eigenvalue weighted by Gasteiger charge is 2.43. The van der Waals surface area contributed by atoms with E-state index in [0.29, 0.717) is 0 Å². The van der Waals surface area contributed by atoms with Crippen LogP contribution in [0.1, 0.15) is 74.9 Å². The second-order valence-electron chi connectivity index (χ2n) is 36.5. The van der Waals surface area contributed by atoms with E-state index in [2.05, 4.69) is 462 Å². The van der Waals surface area contributed by atoms with Crippen LogP contribution in [-0.2, 0) is 16.2 Å². The molecular formula is C123H87N3O3. The number of hydrogen-bond donors (Lipinski definition) is 0. The van der Waals surface area contributed by atoms with Crippen LogP contribution in [0.25, 0.3) is 182 Å². The molecule has 4 aromatic heterocycles. The molecular weight excluding hydrogens is 1570 g/mol. The number of para-hydroxylation sites is 6. The van der Waals surface area contributed by atoms with Crippen molar-refractivity contribution in [2.45, 2.75) is 57.8 Å². The summed E-state index contributed by atoms with van der Waals surface area (Å²) in [5.74, 6) is 0. The Morgan fingerprint density at radius 2 is 0.566 bits per heavy atom. The molecule has 0 bridgehead atoms. The molecule has 0 N–H and O–H groups in total. The third-order valence-corrected chi connectivity index (χ3v) is 28.3. The second-order valence-corrected chi connectivity index (χ2v) is 36.5. The van der Waals surface area contributed by atoms with E-state index in [1.807, 2.05) is 12.1 Å². The SMILES string of the molecule is CC1(C)c2ccccc2-c2c1cc(-c1ccc(-c3cccc4oc5ccccc5c34)cc1)c1c2oc2c(-c3ccc(N(c4ccccc4)c4ccc(-c5ccccc5)cc4)cc3)cccc21.CC1(C)c2ccccc2-c2ccc(N(c3ccc(-c4ccccc4)cc3)c3ccc4c(c3)C(C)(C)c3cc(-n5c6ccccc6c6ccccc65)c5c(oc6ccccc65)c3-4)cc21. The molecule has 0 saturated carbocycles. The third kappa shape index (κ3) is 11.7. The summed E-state index contributed by atoms with van der Waals surface area (Å²) >= 11 is 0. The van der Waals surface area contributed by atoms with Crippen LogP contribution in [0.3, 0.4) is 0 Å². The molecule has 3 aliphatic rings. The van der Waals surface area contributed by atoms with Gasteiger partial charge in [-0.25, -0.2) is 0 Å². The smallest absolute Gasteiger partial charge is 0.145 e. The minimum atomic E-state index is -0.342. The molecule has 6 nitrogen and oxygen atoms in total. The zero-order valence-electron chi connectivity index (χ0n) is 72.4. The van der Waals surface area contributed by atoms with E-state index < -0.39 is 0 Å². The Balaban J connectivity index is 0.000000140. The standard InChI is InChI=1S/C63H43NO2.C60H44N2O/c1-63(2)54-24-11-9-19-50(54)60-55(63)39-53(44-29-27-42(28-30-44)48-21-14-26-57-58(48)51-20-10-12-25-56(51)65-57)59-52-23-13-22-49(61(52)66-62(59)60)43-33-37-47(38-34-43)64(45-17-7-4-8-18-45)46-35-31-41(32-36-46)40-15-5-3-6-16-40;1-59(2)48-22-12-8-18-42(48)43-32-30-40(34-49(43)59)61(39-28-26-38(27-29-39)37-16-6-5-7-17-37)41-31-33-46-50(35-41)60(3,4)51-36-54(57-47-21-11-15-25-55(47)63-58(57)56(46)51)62-52-23-13-9-19-44(52)45-20-10-14-24-53(45)62/h3-39H,1-2H3;5-36H,1-4H3. The van der Waals surface area contributed by atoms with Gasteiger partial charge in [0, 0.05) is 105 Å². The summed E-state index contributed by atoms with van der Waals surface area (Å²) in [6, 6.07) is 152. The molecule has 0 radical (unpaired) electrons. The van der Waals surface area contributed by atoms with Gasteiger partial charge in [-0.2, -0.15) is 0 Å². The number of aromatic nitrogens is 1.